The molecule has 0 radical (unpaired) electrons. The van der Waals surface area contributed by atoms with Crippen molar-refractivity contribution in [3.05, 3.63) is 143 Å². The molecule has 0 amide bonds. The molecule has 0 atom stereocenters. The zero-order chi connectivity index (χ0) is 43.8. The van der Waals surface area contributed by atoms with Gasteiger partial charge in [0.25, 0.3) is 6.71 Å². The topological polar surface area (TPSA) is 45.7 Å². The summed E-state index contributed by atoms with van der Waals surface area (Å²) in [4.78, 5) is 10.4. The van der Waals surface area contributed by atoms with Crippen LogP contribution in [0.5, 0.6) is 0 Å². The highest BCUT2D eigenvalue weighted by Gasteiger charge is 2.47. The van der Waals surface area contributed by atoms with Gasteiger partial charge in [0.15, 0.2) is 0 Å². The molecule has 6 aromatic carbocycles. The third-order valence-corrected chi connectivity index (χ3v) is 13.2. The molecule has 8 aromatic rings. The summed E-state index contributed by atoms with van der Waals surface area (Å²) >= 11 is 0. The molecule has 312 valence electrons. The van der Waals surface area contributed by atoms with Crippen LogP contribution >= 0.6 is 0 Å². The van der Waals surface area contributed by atoms with Gasteiger partial charge in [-0.1, -0.05) is 126 Å². The van der Waals surface area contributed by atoms with Gasteiger partial charge in [-0.2, -0.15) is 0 Å². The predicted octanol–water partition coefficient (Wildman–Crippen LogP) is 13.8. The fourth-order valence-corrected chi connectivity index (χ4v) is 9.49. The summed E-state index contributed by atoms with van der Waals surface area (Å²) in [6.07, 6.45) is 0. The SMILES string of the molecule is Cc1cc2c3c(c1)N(c1ccc(C(C)(C)C)cc1)c1oc(-c4ccc5oc6ccc(C(C)(C)C)cc6c5c4)nc1B3c1cc(C(C)(C)C)ccc1N2c1ccc(C(C)(C)C)cc1. The Morgan fingerprint density at radius 3 is 1.53 bits per heavy atom. The minimum atomic E-state index is -0.173. The second kappa shape index (κ2) is 13.5. The summed E-state index contributed by atoms with van der Waals surface area (Å²) in [5.74, 6) is 1.34. The lowest BCUT2D eigenvalue weighted by Crippen LogP contribution is -2.62. The van der Waals surface area contributed by atoms with E-state index in [1.54, 1.807) is 0 Å². The number of hydrogen-bond donors (Lipinski definition) is 0. The summed E-state index contributed by atoms with van der Waals surface area (Å²) in [5, 5.41) is 2.16. The molecule has 2 aliphatic heterocycles. The molecule has 4 heterocycles. The fraction of sp³-hybridized carbons (Fsp3) is 0.304. The maximum absolute atomic E-state index is 7.20. The molecule has 0 unspecified atom stereocenters. The first kappa shape index (κ1) is 40.1. The van der Waals surface area contributed by atoms with Gasteiger partial charge in [0.05, 0.1) is 5.59 Å². The van der Waals surface area contributed by atoms with Crippen molar-refractivity contribution in [1.82, 2.24) is 4.98 Å². The van der Waals surface area contributed by atoms with Crippen LogP contribution in [0, 0.1) is 6.92 Å². The zero-order valence-corrected chi connectivity index (χ0v) is 38.7. The van der Waals surface area contributed by atoms with Gasteiger partial charge in [0.1, 0.15) is 11.2 Å². The number of fused-ring (bicyclic) bond motifs is 7. The van der Waals surface area contributed by atoms with E-state index in [4.69, 9.17) is 13.8 Å². The van der Waals surface area contributed by atoms with Crippen LogP contribution < -0.4 is 26.3 Å². The molecule has 0 saturated heterocycles. The van der Waals surface area contributed by atoms with E-state index in [0.29, 0.717) is 5.89 Å². The highest BCUT2D eigenvalue weighted by molar-refractivity contribution is 6.99. The molecule has 0 N–H and O–H groups in total. The summed E-state index contributed by atoms with van der Waals surface area (Å²) < 4.78 is 13.6. The maximum Gasteiger partial charge on any atom is 0.279 e. The molecule has 10 rings (SSSR count). The van der Waals surface area contributed by atoms with Gasteiger partial charge in [-0.15, -0.1) is 0 Å². The average molecular weight is 816 g/mol. The molecule has 5 nitrogen and oxygen atoms in total. The number of nitrogens with zero attached hydrogens (tertiary/aromatic N) is 3. The van der Waals surface area contributed by atoms with Crippen molar-refractivity contribution < 1.29 is 8.83 Å². The molecule has 2 aliphatic rings. The number of hydrogen-bond acceptors (Lipinski definition) is 5. The molecule has 2 aromatic heterocycles. The summed E-state index contributed by atoms with van der Waals surface area (Å²) in [6, 6.07) is 42.9. The van der Waals surface area contributed by atoms with Crippen LogP contribution in [0.4, 0.5) is 34.3 Å². The van der Waals surface area contributed by atoms with Crippen molar-refractivity contribution in [2.45, 2.75) is 112 Å². The Labute approximate surface area is 367 Å². The first-order chi connectivity index (χ1) is 29.1. The first-order valence-corrected chi connectivity index (χ1v) is 22.2. The number of furan rings is 1. The Kier molecular flexibility index (Phi) is 8.73. The number of benzene rings is 6. The Bertz CT molecular complexity index is 3070. The van der Waals surface area contributed by atoms with Crippen molar-refractivity contribution in [3.63, 3.8) is 0 Å². The lowest BCUT2D eigenvalue weighted by Gasteiger charge is -2.42. The van der Waals surface area contributed by atoms with E-state index in [1.165, 1.54) is 38.7 Å². The van der Waals surface area contributed by atoms with E-state index in [1.807, 2.05) is 0 Å². The van der Waals surface area contributed by atoms with Crippen LogP contribution in [0.1, 0.15) is 111 Å². The van der Waals surface area contributed by atoms with Gasteiger partial charge in [0, 0.05) is 44.8 Å². The number of anilines is 6. The van der Waals surface area contributed by atoms with Crippen LogP contribution in [0.2, 0.25) is 0 Å². The molecule has 0 saturated carbocycles. The summed E-state index contributed by atoms with van der Waals surface area (Å²) in [7, 11) is 0. The number of oxazole rings is 1. The van der Waals surface area contributed by atoms with E-state index in [2.05, 4.69) is 215 Å². The largest absolute Gasteiger partial charge is 0.456 e. The van der Waals surface area contributed by atoms with E-state index >= 15 is 0 Å². The first-order valence-electron chi connectivity index (χ1n) is 22.2. The minimum absolute atomic E-state index is 0.00632. The molecule has 0 aliphatic carbocycles. The smallest absolute Gasteiger partial charge is 0.279 e. The lowest BCUT2D eigenvalue weighted by atomic mass is 9.35. The van der Waals surface area contributed by atoms with Gasteiger partial charge in [-0.05, 0) is 140 Å². The Hall–Kier alpha value is -6.01. The van der Waals surface area contributed by atoms with Gasteiger partial charge < -0.3 is 13.7 Å². The maximum atomic E-state index is 7.20. The van der Waals surface area contributed by atoms with Crippen LogP contribution in [0.3, 0.4) is 0 Å². The summed E-state index contributed by atoms with van der Waals surface area (Å²) in [6.45, 7) is 29.3. The average Bonchev–Trinajstić information content (AvgIpc) is 3.81. The van der Waals surface area contributed by atoms with Crippen molar-refractivity contribution in [2.75, 3.05) is 9.80 Å². The highest BCUT2D eigenvalue weighted by atomic mass is 16.4. The third kappa shape index (κ3) is 6.48. The molecule has 62 heavy (non-hydrogen) atoms. The molecule has 6 heteroatoms. The van der Waals surface area contributed by atoms with Crippen LogP contribution in [-0.2, 0) is 21.7 Å². The zero-order valence-electron chi connectivity index (χ0n) is 38.7. The van der Waals surface area contributed by atoms with E-state index in [-0.39, 0.29) is 28.4 Å². The normalized spacial score (nSPS) is 14.1. The van der Waals surface area contributed by atoms with Crippen molar-refractivity contribution in [1.29, 1.82) is 0 Å². The summed E-state index contributed by atoms with van der Waals surface area (Å²) in [5.41, 5.74) is 18.0. The number of aromatic nitrogens is 1. The minimum Gasteiger partial charge on any atom is -0.456 e. The van der Waals surface area contributed by atoms with Gasteiger partial charge in [-0.25, -0.2) is 4.98 Å². The van der Waals surface area contributed by atoms with Gasteiger partial charge in [-0.3, -0.25) is 4.90 Å². The van der Waals surface area contributed by atoms with E-state index < -0.39 is 0 Å². The standard InChI is InChI=1S/C56H58BN3O2/c1-33-28-45-49-46(29-33)60(40-23-17-36(18-24-40)54(5,6)7)52-50(58-51(62-52)34-14-26-47-41(30-34)42-31-37(55(8,9)10)20-27-48(42)61-47)57(49)43-32-38(56(11,12)13)19-25-44(43)59(45)39-21-15-35(16-22-39)53(2,3)4/h14-32H,1-13H3. The lowest BCUT2D eigenvalue weighted by molar-refractivity contribution is 0.581. The van der Waals surface area contributed by atoms with Crippen LogP contribution in [0.25, 0.3) is 33.4 Å². The predicted molar refractivity (Wildman–Crippen MR) is 263 cm³/mol. The van der Waals surface area contributed by atoms with E-state index in [9.17, 15) is 0 Å². The fourth-order valence-electron chi connectivity index (χ4n) is 9.49. The molecule has 0 fully saturated rings. The van der Waals surface area contributed by atoms with Crippen LogP contribution in [-0.4, -0.2) is 11.7 Å². The second-order valence-corrected chi connectivity index (χ2v) is 21.9. The van der Waals surface area contributed by atoms with Crippen molar-refractivity contribution in [3.8, 4) is 11.5 Å². The van der Waals surface area contributed by atoms with Gasteiger partial charge >= 0.3 is 0 Å². The molecule has 0 bridgehead atoms. The van der Waals surface area contributed by atoms with Crippen LogP contribution in [0.15, 0.2) is 124 Å². The quantitative estimate of drug-likeness (QED) is 0.166. The second-order valence-electron chi connectivity index (χ2n) is 21.9. The Morgan fingerprint density at radius 2 is 0.952 bits per heavy atom. The Morgan fingerprint density at radius 1 is 0.468 bits per heavy atom. The third-order valence-electron chi connectivity index (χ3n) is 13.2. The molecular formula is C56H58BN3O2. The van der Waals surface area contributed by atoms with Gasteiger partial charge in [0.2, 0.25) is 11.8 Å². The van der Waals surface area contributed by atoms with Crippen molar-refractivity contribution in [2.24, 2.45) is 0 Å². The monoisotopic (exact) mass is 815 g/mol. The highest BCUT2D eigenvalue weighted by Crippen LogP contribution is 2.47. The van der Waals surface area contributed by atoms with Crippen molar-refractivity contribution >= 4 is 79.5 Å². The molecular weight excluding hydrogens is 757 g/mol. The van der Waals surface area contributed by atoms with E-state index in [0.717, 1.165) is 67.4 Å². The number of rotatable bonds is 3. The Balaban J connectivity index is 1.24. The molecule has 0 spiro atoms. The number of aryl methyl sites for hydroxylation is 1.